The van der Waals surface area contributed by atoms with E-state index in [0.29, 0.717) is 13.0 Å². The average molecular weight is 243 g/mol. The van der Waals surface area contributed by atoms with Crippen molar-refractivity contribution in [3.63, 3.8) is 0 Å². The molecule has 4 nitrogen and oxygen atoms in total. The number of carbonyl (C=O) groups is 1. The van der Waals surface area contributed by atoms with E-state index < -0.39 is 11.5 Å². The van der Waals surface area contributed by atoms with Crippen molar-refractivity contribution < 1.29 is 14.6 Å². The molecule has 1 aliphatic rings. The summed E-state index contributed by atoms with van der Waals surface area (Å²) >= 11 is 0. The average Bonchev–Trinajstić information content (AvgIpc) is 2.26. The molecule has 0 aromatic heterocycles. The molecule has 0 bridgehead atoms. The molecule has 2 N–H and O–H groups in total. The van der Waals surface area contributed by atoms with E-state index in [-0.39, 0.29) is 5.54 Å². The molecule has 1 fully saturated rings. The molecule has 100 valence electrons. The van der Waals surface area contributed by atoms with E-state index in [1.807, 2.05) is 0 Å². The number of carboxylic acids is 1. The first kappa shape index (κ1) is 14.5. The van der Waals surface area contributed by atoms with Gasteiger partial charge in [0.1, 0.15) is 5.54 Å². The lowest BCUT2D eigenvalue weighted by atomic mass is 9.80. The van der Waals surface area contributed by atoms with Crippen molar-refractivity contribution in [3.05, 3.63) is 0 Å². The largest absolute Gasteiger partial charge is 0.480 e. The molecular formula is C13H25NO3. The minimum atomic E-state index is -0.887. The Hall–Kier alpha value is -0.610. The summed E-state index contributed by atoms with van der Waals surface area (Å²) in [6, 6.07) is 0. The van der Waals surface area contributed by atoms with Gasteiger partial charge in [-0.1, -0.05) is 19.3 Å². The predicted octanol–water partition coefficient (Wildman–Crippen LogP) is 2.18. The standard InChI is InChI=1S/C13H25NO3/c1-12(7-5-4-6-8-12)14-13(2,11(15)16)9-10-17-3/h14H,4-10H2,1-3H3,(H,15,16). The zero-order valence-corrected chi connectivity index (χ0v) is 11.2. The van der Waals surface area contributed by atoms with Gasteiger partial charge in [0, 0.05) is 19.3 Å². The Bertz CT molecular complexity index is 261. The van der Waals surface area contributed by atoms with Crippen LogP contribution in [0.5, 0.6) is 0 Å². The Morgan fingerprint density at radius 2 is 2.00 bits per heavy atom. The highest BCUT2D eigenvalue weighted by molar-refractivity contribution is 5.78. The second-order valence-corrected chi connectivity index (χ2v) is 5.63. The van der Waals surface area contributed by atoms with Gasteiger partial charge >= 0.3 is 5.97 Å². The highest BCUT2D eigenvalue weighted by Gasteiger charge is 2.40. The molecule has 17 heavy (non-hydrogen) atoms. The van der Waals surface area contributed by atoms with Gasteiger partial charge in [0.05, 0.1) is 0 Å². The van der Waals surface area contributed by atoms with Crippen LogP contribution >= 0.6 is 0 Å². The van der Waals surface area contributed by atoms with Crippen LogP contribution in [0.2, 0.25) is 0 Å². The summed E-state index contributed by atoms with van der Waals surface area (Å²) in [5, 5.41) is 12.7. The summed E-state index contributed by atoms with van der Waals surface area (Å²) in [6.45, 7) is 4.36. The second-order valence-electron chi connectivity index (χ2n) is 5.63. The molecule has 1 atom stereocenters. The van der Waals surface area contributed by atoms with Crippen LogP contribution in [0.4, 0.5) is 0 Å². The highest BCUT2D eigenvalue weighted by Crippen LogP contribution is 2.30. The van der Waals surface area contributed by atoms with Gasteiger partial charge in [0.15, 0.2) is 0 Å². The fourth-order valence-corrected chi connectivity index (χ4v) is 2.65. The maximum atomic E-state index is 11.4. The number of nitrogens with one attached hydrogen (secondary N) is 1. The van der Waals surface area contributed by atoms with Crippen LogP contribution in [-0.2, 0) is 9.53 Å². The highest BCUT2D eigenvalue weighted by atomic mass is 16.5. The van der Waals surface area contributed by atoms with Crippen molar-refractivity contribution in [1.29, 1.82) is 0 Å². The van der Waals surface area contributed by atoms with Crippen molar-refractivity contribution in [1.82, 2.24) is 5.32 Å². The van der Waals surface area contributed by atoms with Gasteiger partial charge in [0.2, 0.25) is 0 Å². The lowest BCUT2D eigenvalue weighted by Crippen LogP contribution is -2.60. The van der Waals surface area contributed by atoms with Crippen LogP contribution in [0, 0.1) is 0 Å². The number of carboxylic acid groups (broad SMARTS) is 1. The van der Waals surface area contributed by atoms with Crippen LogP contribution in [0.25, 0.3) is 0 Å². The minimum absolute atomic E-state index is 0.0425. The van der Waals surface area contributed by atoms with Gasteiger partial charge in [-0.05, 0) is 33.1 Å². The molecule has 0 aromatic rings. The lowest BCUT2D eigenvalue weighted by Gasteiger charge is -2.41. The summed E-state index contributed by atoms with van der Waals surface area (Å²) in [4.78, 5) is 11.4. The van der Waals surface area contributed by atoms with Gasteiger partial charge < -0.3 is 9.84 Å². The van der Waals surface area contributed by atoms with E-state index in [1.54, 1.807) is 14.0 Å². The summed E-state index contributed by atoms with van der Waals surface area (Å²) in [5.74, 6) is -0.790. The normalized spacial score (nSPS) is 23.0. The Morgan fingerprint density at radius 3 is 2.47 bits per heavy atom. The van der Waals surface area contributed by atoms with Crippen LogP contribution in [0.3, 0.4) is 0 Å². The first-order chi connectivity index (χ1) is 7.92. The van der Waals surface area contributed by atoms with Crippen LogP contribution in [0.1, 0.15) is 52.4 Å². The maximum Gasteiger partial charge on any atom is 0.323 e. The smallest absolute Gasteiger partial charge is 0.323 e. The third-order valence-corrected chi connectivity index (χ3v) is 3.81. The second kappa shape index (κ2) is 5.83. The van der Waals surface area contributed by atoms with Crippen LogP contribution in [0.15, 0.2) is 0 Å². The summed E-state index contributed by atoms with van der Waals surface area (Å²) < 4.78 is 5.01. The molecule has 1 aliphatic carbocycles. The van der Waals surface area contributed by atoms with Crippen LogP contribution < -0.4 is 5.32 Å². The molecule has 0 radical (unpaired) electrons. The molecule has 1 rings (SSSR count). The summed E-state index contributed by atoms with van der Waals surface area (Å²) in [7, 11) is 1.60. The number of rotatable bonds is 6. The molecule has 0 amide bonds. The Morgan fingerprint density at radius 1 is 1.41 bits per heavy atom. The fraction of sp³-hybridized carbons (Fsp3) is 0.923. The van der Waals surface area contributed by atoms with Gasteiger partial charge in [-0.15, -0.1) is 0 Å². The van der Waals surface area contributed by atoms with E-state index in [1.165, 1.54) is 19.3 Å². The first-order valence-electron chi connectivity index (χ1n) is 6.44. The van der Waals surface area contributed by atoms with E-state index >= 15 is 0 Å². The SMILES string of the molecule is COCCC(C)(NC1(C)CCCCC1)C(=O)O. The van der Waals surface area contributed by atoms with Crippen molar-refractivity contribution in [2.45, 2.75) is 63.5 Å². The number of hydrogen-bond acceptors (Lipinski definition) is 3. The Kier molecular flexibility index (Phi) is 4.95. The summed E-state index contributed by atoms with van der Waals surface area (Å²) in [6.07, 6.45) is 6.24. The molecule has 4 heteroatoms. The van der Waals surface area contributed by atoms with Gasteiger partial charge in [-0.3, -0.25) is 10.1 Å². The van der Waals surface area contributed by atoms with Crippen molar-refractivity contribution in [3.8, 4) is 0 Å². The van der Waals surface area contributed by atoms with Gasteiger partial charge in [0.25, 0.3) is 0 Å². The molecule has 0 heterocycles. The van der Waals surface area contributed by atoms with Gasteiger partial charge in [-0.2, -0.15) is 0 Å². The van der Waals surface area contributed by atoms with Gasteiger partial charge in [-0.25, -0.2) is 0 Å². The number of methoxy groups -OCH3 is 1. The summed E-state index contributed by atoms with van der Waals surface area (Å²) in [5.41, 5.74) is -0.929. The molecule has 0 aliphatic heterocycles. The zero-order valence-electron chi connectivity index (χ0n) is 11.2. The van der Waals surface area contributed by atoms with Crippen molar-refractivity contribution >= 4 is 5.97 Å². The minimum Gasteiger partial charge on any atom is -0.480 e. The van der Waals surface area contributed by atoms with E-state index in [0.717, 1.165) is 12.8 Å². The molecule has 1 unspecified atom stereocenters. The number of hydrogen-bond donors (Lipinski definition) is 2. The monoisotopic (exact) mass is 243 g/mol. The Balaban J connectivity index is 2.67. The van der Waals surface area contributed by atoms with E-state index in [2.05, 4.69) is 12.2 Å². The molecule has 0 spiro atoms. The topological polar surface area (TPSA) is 58.6 Å². The third-order valence-electron chi connectivity index (χ3n) is 3.81. The fourth-order valence-electron chi connectivity index (χ4n) is 2.65. The van der Waals surface area contributed by atoms with Crippen molar-refractivity contribution in [2.75, 3.05) is 13.7 Å². The van der Waals surface area contributed by atoms with E-state index in [9.17, 15) is 9.90 Å². The third kappa shape index (κ3) is 3.96. The zero-order chi connectivity index (χ0) is 12.9. The first-order valence-corrected chi connectivity index (χ1v) is 6.44. The molecular weight excluding hydrogens is 218 g/mol. The maximum absolute atomic E-state index is 11.4. The van der Waals surface area contributed by atoms with Crippen LogP contribution in [-0.4, -0.2) is 35.9 Å². The van der Waals surface area contributed by atoms with E-state index in [4.69, 9.17) is 4.74 Å². The lowest BCUT2D eigenvalue weighted by molar-refractivity contribution is -0.146. The number of aliphatic carboxylic acids is 1. The van der Waals surface area contributed by atoms with Crippen molar-refractivity contribution in [2.24, 2.45) is 0 Å². The quantitative estimate of drug-likeness (QED) is 0.750. The molecule has 0 aromatic carbocycles. The predicted molar refractivity (Wildman–Crippen MR) is 67.2 cm³/mol. The molecule has 0 saturated heterocycles. The Labute approximate surface area is 104 Å². The molecule has 1 saturated carbocycles. The number of ether oxygens (including phenoxy) is 1.